The first kappa shape index (κ1) is 16.3. The molecule has 0 aromatic heterocycles. The lowest BCUT2D eigenvalue weighted by molar-refractivity contribution is -0.136. The lowest BCUT2D eigenvalue weighted by Crippen LogP contribution is -2.45. The van der Waals surface area contributed by atoms with Crippen LogP contribution < -0.4 is 0 Å². The number of esters is 1. The van der Waals surface area contributed by atoms with Gasteiger partial charge in [-0.2, -0.15) is 0 Å². The number of benzene rings is 1. The van der Waals surface area contributed by atoms with Crippen molar-refractivity contribution in [3.63, 3.8) is 0 Å². The predicted octanol–water partition coefficient (Wildman–Crippen LogP) is 4.24. The third kappa shape index (κ3) is 3.07. The van der Waals surface area contributed by atoms with E-state index in [0.29, 0.717) is 30.6 Å². The van der Waals surface area contributed by atoms with Crippen LogP contribution >= 0.6 is 0 Å². The summed E-state index contributed by atoms with van der Waals surface area (Å²) in [6.07, 6.45) is 2.04. The molecule has 1 aliphatic carbocycles. The minimum Gasteiger partial charge on any atom is -0.461 e. The monoisotopic (exact) mass is 314 g/mol. The molecular formula is C20H26O3. The normalized spacial score (nSPS) is 31.6. The van der Waals surface area contributed by atoms with Crippen molar-refractivity contribution in [2.45, 2.75) is 39.2 Å². The van der Waals surface area contributed by atoms with Gasteiger partial charge in [-0.1, -0.05) is 30.4 Å². The summed E-state index contributed by atoms with van der Waals surface area (Å²) in [7, 11) is 0. The molecule has 3 nitrogen and oxygen atoms in total. The number of allylic oxidation sites excluding steroid dienone is 1. The Hall–Kier alpha value is -1.61. The summed E-state index contributed by atoms with van der Waals surface area (Å²) >= 11 is 0. The molecule has 1 heterocycles. The van der Waals surface area contributed by atoms with Gasteiger partial charge in [-0.3, -0.25) is 0 Å². The summed E-state index contributed by atoms with van der Waals surface area (Å²) in [4.78, 5) is 12.2. The van der Waals surface area contributed by atoms with Crippen molar-refractivity contribution < 1.29 is 14.3 Å². The highest BCUT2D eigenvalue weighted by Crippen LogP contribution is 2.56. The Labute approximate surface area is 138 Å². The first-order valence-corrected chi connectivity index (χ1v) is 8.35. The second kappa shape index (κ2) is 5.79. The minimum absolute atomic E-state index is 0.0613. The Bertz CT molecular complexity index is 605. The summed E-state index contributed by atoms with van der Waals surface area (Å²) in [5, 5.41) is 0. The van der Waals surface area contributed by atoms with Crippen molar-refractivity contribution in [2.75, 3.05) is 13.2 Å². The Morgan fingerprint density at radius 1 is 1.30 bits per heavy atom. The average molecular weight is 314 g/mol. The third-order valence-corrected chi connectivity index (χ3v) is 5.59. The highest BCUT2D eigenvalue weighted by Gasteiger charge is 2.56. The summed E-state index contributed by atoms with van der Waals surface area (Å²) in [6, 6.07) is 9.17. The zero-order chi connectivity index (χ0) is 16.7. The van der Waals surface area contributed by atoms with E-state index in [-0.39, 0.29) is 17.0 Å². The smallest absolute Gasteiger partial charge is 0.338 e. The van der Waals surface area contributed by atoms with Crippen molar-refractivity contribution in [3.8, 4) is 0 Å². The highest BCUT2D eigenvalue weighted by atomic mass is 16.5. The Morgan fingerprint density at radius 2 is 2.00 bits per heavy atom. The van der Waals surface area contributed by atoms with Gasteiger partial charge in [0.25, 0.3) is 0 Å². The maximum atomic E-state index is 12.2. The molecule has 1 unspecified atom stereocenters. The molecule has 2 fully saturated rings. The molecule has 1 aromatic carbocycles. The van der Waals surface area contributed by atoms with Crippen LogP contribution in [-0.2, 0) is 9.47 Å². The van der Waals surface area contributed by atoms with Gasteiger partial charge in [0.05, 0.1) is 24.4 Å². The molecule has 3 rings (SSSR count). The average Bonchev–Trinajstić information content (AvgIpc) is 2.89. The van der Waals surface area contributed by atoms with Gasteiger partial charge in [0.1, 0.15) is 0 Å². The second-order valence-corrected chi connectivity index (χ2v) is 7.80. The van der Waals surface area contributed by atoms with E-state index < -0.39 is 0 Å². The van der Waals surface area contributed by atoms with E-state index in [1.807, 2.05) is 18.2 Å². The van der Waals surface area contributed by atoms with Crippen LogP contribution in [0.5, 0.6) is 0 Å². The van der Waals surface area contributed by atoms with Gasteiger partial charge in [-0.25, -0.2) is 4.79 Å². The van der Waals surface area contributed by atoms with Crippen LogP contribution in [0.4, 0.5) is 0 Å². The van der Waals surface area contributed by atoms with Gasteiger partial charge in [0.2, 0.25) is 0 Å². The lowest BCUT2D eigenvalue weighted by Gasteiger charge is -2.42. The Morgan fingerprint density at radius 3 is 2.65 bits per heavy atom. The van der Waals surface area contributed by atoms with Crippen LogP contribution in [-0.4, -0.2) is 24.8 Å². The zero-order valence-electron chi connectivity index (χ0n) is 14.3. The molecular weight excluding hydrogens is 288 g/mol. The molecule has 1 aliphatic heterocycles. The number of ether oxygens (including phenoxy) is 2. The van der Waals surface area contributed by atoms with Crippen LogP contribution in [0.3, 0.4) is 0 Å². The standard InChI is InChI=1S/C20H26O3/c1-14(2)16-10-20(11-17(16)19(3,4)23-13-20)12-22-18(21)15-8-6-5-7-9-15/h5-9,16-17H,1,10-13H2,2-4H3/t16?,17-,20-/m1/s1. The van der Waals surface area contributed by atoms with Gasteiger partial charge in [-0.05, 0) is 57.6 Å². The summed E-state index contributed by atoms with van der Waals surface area (Å²) in [5.74, 6) is 0.646. The fourth-order valence-electron chi connectivity index (χ4n) is 4.15. The maximum absolute atomic E-state index is 12.2. The van der Waals surface area contributed by atoms with Crippen LogP contribution in [0.1, 0.15) is 44.0 Å². The topological polar surface area (TPSA) is 35.5 Å². The molecule has 0 N–H and O–H groups in total. The van der Waals surface area contributed by atoms with Gasteiger partial charge in [-0.15, -0.1) is 0 Å². The van der Waals surface area contributed by atoms with Crippen molar-refractivity contribution in [1.29, 1.82) is 0 Å². The Balaban J connectivity index is 1.71. The fourth-order valence-corrected chi connectivity index (χ4v) is 4.15. The molecule has 2 bridgehead atoms. The molecule has 1 aromatic rings. The van der Waals surface area contributed by atoms with E-state index in [0.717, 1.165) is 12.8 Å². The molecule has 3 heteroatoms. The Kier molecular flexibility index (Phi) is 4.09. The first-order chi connectivity index (χ1) is 10.8. The lowest BCUT2D eigenvalue weighted by atomic mass is 9.77. The van der Waals surface area contributed by atoms with Crippen molar-refractivity contribution >= 4 is 5.97 Å². The van der Waals surface area contributed by atoms with Crippen LogP contribution in [0.2, 0.25) is 0 Å². The van der Waals surface area contributed by atoms with Crippen molar-refractivity contribution in [1.82, 2.24) is 0 Å². The summed E-state index contributed by atoms with van der Waals surface area (Å²) in [6.45, 7) is 11.7. The van der Waals surface area contributed by atoms with Gasteiger partial charge in [0, 0.05) is 5.41 Å². The SMILES string of the molecule is C=C(C)C1C[C@@]2(COC(=O)c3ccccc3)COC(C)(C)[C@@H]1C2. The third-order valence-electron chi connectivity index (χ3n) is 5.59. The second-order valence-electron chi connectivity index (χ2n) is 7.80. The van der Waals surface area contributed by atoms with Gasteiger partial charge < -0.3 is 9.47 Å². The van der Waals surface area contributed by atoms with E-state index in [1.54, 1.807) is 12.1 Å². The number of hydrogen-bond donors (Lipinski definition) is 0. The van der Waals surface area contributed by atoms with Gasteiger partial charge >= 0.3 is 5.97 Å². The van der Waals surface area contributed by atoms with E-state index in [1.165, 1.54) is 5.57 Å². The molecule has 3 atom stereocenters. The largest absolute Gasteiger partial charge is 0.461 e. The van der Waals surface area contributed by atoms with Crippen LogP contribution in [0, 0.1) is 17.3 Å². The number of rotatable bonds is 4. The van der Waals surface area contributed by atoms with E-state index in [9.17, 15) is 4.79 Å². The van der Waals surface area contributed by atoms with Gasteiger partial charge in [0.15, 0.2) is 0 Å². The highest BCUT2D eigenvalue weighted by molar-refractivity contribution is 5.89. The fraction of sp³-hybridized carbons (Fsp3) is 0.550. The van der Waals surface area contributed by atoms with E-state index >= 15 is 0 Å². The molecule has 0 spiro atoms. The molecule has 2 aliphatic rings. The predicted molar refractivity (Wildman–Crippen MR) is 90.2 cm³/mol. The van der Waals surface area contributed by atoms with E-state index in [4.69, 9.17) is 9.47 Å². The zero-order valence-corrected chi connectivity index (χ0v) is 14.3. The molecule has 0 radical (unpaired) electrons. The molecule has 1 saturated heterocycles. The number of carbonyl (C=O) groups is 1. The molecule has 1 saturated carbocycles. The van der Waals surface area contributed by atoms with Crippen LogP contribution in [0.25, 0.3) is 0 Å². The molecule has 0 amide bonds. The maximum Gasteiger partial charge on any atom is 0.338 e. The number of hydrogen-bond acceptors (Lipinski definition) is 3. The molecule has 23 heavy (non-hydrogen) atoms. The molecule has 124 valence electrons. The van der Waals surface area contributed by atoms with Crippen molar-refractivity contribution in [3.05, 3.63) is 48.0 Å². The van der Waals surface area contributed by atoms with Crippen LogP contribution in [0.15, 0.2) is 42.5 Å². The number of fused-ring (bicyclic) bond motifs is 2. The number of carbonyl (C=O) groups excluding carboxylic acids is 1. The summed E-state index contributed by atoms with van der Waals surface area (Å²) < 4.78 is 11.8. The van der Waals surface area contributed by atoms with E-state index in [2.05, 4.69) is 27.4 Å². The van der Waals surface area contributed by atoms with Crippen molar-refractivity contribution in [2.24, 2.45) is 17.3 Å². The minimum atomic E-state index is -0.250. The quantitative estimate of drug-likeness (QED) is 0.616. The summed E-state index contributed by atoms with van der Waals surface area (Å²) in [5.41, 5.74) is 1.62. The first-order valence-electron chi connectivity index (χ1n) is 8.35.